The average Bonchev–Trinajstić information content (AvgIpc) is 2.80. The van der Waals surface area contributed by atoms with E-state index in [1.807, 2.05) is 42.6 Å². The summed E-state index contributed by atoms with van der Waals surface area (Å²) in [5.41, 5.74) is 1.87. The first-order valence-electron chi connectivity index (χ1n) is 5.46. The number of thiophene rings is 1. The van der Waals surface area contributed by atoms with Gasteiger partial charge in [0, 0.05) is 0 Å². The van der Waals surface area contributed by atoms with Crippen LogP contribution in [-0.2, 0) is 0 Å². The van der Waals surface area contributed by atoms with Crippen molar-refractivity contribution in [2.45, 2.75) is 6.92 Å². The molecule has 0 aliphatic heterocycles. The molecule has 0 bridgehead atoms. The molecule has 0 aliphatic carbocycles. The molecule has 0 saturated carbocycles. The first kappa shape index (κ1) is 11.4. The largest absolute Gasteiger partial charge is 0.323 e. The molecule has 18 heavy (non-hydrogen) atoms. The van der Waals surface area contributed by atoms with Crippen LogP contribution in [-0.4, -0.2) is 9.55 Å². The number of aromatic nitrogens is 2. The molecule has 90 valence electrons. The summed E-state index contributed by atoms with van der Waals surface area (Å²) < 4.78 is 1.96. The van der Waals surface area contributed by atoms with Gasteiger partial charge in [0.2, 0.25) is 0 Å². The Morgan fingerprint density at radius 2 is 1.94 bits per heavy atom. The minimum absolute atomic E-state index is 0.0705. The highest BCUT2D eigenvalue weighted by Crippen LogP contribution is 2.16. The maximum atomic E-state index is 12.4. The first-order valence-corrected chi connectivity index (χ1v) is 6.75. The van der Waals surface area contributed by atoms with Gasteiger partial charge in [0.05, 0.1) is 11.1 Å². The van der Waals surface area contributed by atoms with E-state index >= 15 is 0 Å². The molecule has 0 saturated heterocycles. The molecular weight excluding hydrogens is 264 g/mol. The number of nitrogens with one attached hydrogen (secondary N) is 1. The van der Waals surface area contributed by atoms with Crippen molar-refractivity contribution < 1.29 is 0 Å². The Bertz CT molecular complexity index is 825. The van der Waals surface area contributed by atoms with Crippen LogP contribution in [0.25, 0.3) is 15.9 Å². The molecule has 1 N–H and O–H groups in total. The second-order valence-corrected chi connectivity index (χ2v) is 5.37. The Morgan fingerprint density at radius 1 is 1.22 bits per heavy atom. The molecule has 5 heteroatoms. The van der Waals surface area contributed by atoms with Crippen LogP contribution >= 0.6 is 23.6 Å². The maximum absolute atomic E-state index is 12.4. The lowest BCUT2D eigenvalue weighted by Gasteiger charge is -2.06. The second-order valence-electron chi connectivity index (χ2n) is 4.07. The summed E-state index contributed by atoms with van der Waals surface area (Å²) in [5.74, 6) is 0. The number of fused-ring (bicyclic) bond motifs is 1. The third-order valence-electron chi connectivity index (χ3n) is 2.81. The van der Waals surface area contributed by atoms with Crippen molar-refractivity contribution in [3.8, 4) is 5.69 Å². The van der Waals surface area contributed by atoms with E-state index < -0.39 is 0 Å². The van der Waals surface area contributed by atoms with E-state index in [1.165, 1.54) is 15.9 Å². The topological polar surface area (TPSA) is 37.8 Å². The third kappa shape index (κ3) is 1.72. The van der Waals surface area contributed by atoms with E-state index in [9.17, 15) is 4.79 Å². The quantitative estimate of drug-likeness (QED) is 0.690. The number of aromatic amines is 1. The number of hydrogen-bond donors (Lipinski definition) is 1. The zero-order valence-electron chi connectivity index (χ0n) is 9.64. The van der Waals surface area contributed by atoms with E-state index in [0.717, 1.165) is 16.1 Å². The summed E-state index contributed by atoms with van der Waals surface area (Å²) in [6, 6.07) is 9.55. The highest BCUT2D eigenvalue weighted by atomic mass is 32.1. The lowest BCUT2D eigenvalue weighted by atomic mass is 10.2. The Morgan fingerprint density at radius 3 is 2.67 bits per heavy atom. The molecule has 0 spiro atoms. The molecule has 3 nitrogen and oxygen atoms in total. The van der Waals surface area contributed by atoms with Crippen molar-refractivity contribution >= 4 is 33.8 Å². The Labute approximate surface area is 112 Å². The molecule has 0 aliphatic rings. The summed E-state index contributed by atoms with van der Waals surface area (Å²) in [6.45, 7) is 2.01. The Kier molecular flexibility index (Phi) is 2.65. The second kappa shape index (κ2) is 4.19. The predicted octanol–water partition coefficient (Wildman–Crippen LogP) is 3.42. The summed E-state index contributed by atoms with van der Waals surface area (Å²) >= 11 is 6.75. The molecule has 0 fully saturated rings. The summed E-state index contributed by atoms with van der Waals surface area (Å²) in [6.07, 6.45) is 0. The van der Waals surface area contributed by atoms with Crippen LogP contribution in [0.3, 0.4) is 0 Å². The number of hydrogen-bond acceptors (Lipinski definition) is 3. The summed E-state index contributed by atoms with van der Waals surface area (Å²) in [4.78, 5) is 16.3. The highest BCUT2D eigenvalue weighted by Gasteiger charge is 2.07. The van der Waals surface area contributed by atoms with Gasteiger partial charge >= 0.3 is 0 Å². The van der Waals surface area contributed by atoms with Gasteiger partial charge in [-0.05, 0) is 42.7 Å². The van der Waals surface area contributed by atoms with Gasteiger partial charge in [-0.15, -0.1) is 11.3 Å². The highest BCUT2D eigenvalue weighted by molar-refractivity contribution is 7.71. The molecular formula is C13H10N2OS2. The lowest BCUT2D eigenvalue weighted by molar-refractivity contribution is 0.942. The smallest absolute Gasteiger partial charge is 0.267 e. The van der Waals surface area contributed by atoms with Gasteiger partial charge in [-0.2, -0.15) is 0 Å². The van der Waals surface area contributed by atoms with Crippen molar-refractivity contribution in [1.29, 1.82) is 0 Å². The van der Waals surface area contributed by atoms with Crippen LogP contribution in [0.5, 0.6) is 0 Å². The van der Waals surface area contributed by atoms with E-state index in [1.54, 1.807) is 0 Å². The van der Waals surface area contributed by atoms with Crippen molar-refractivity contribution in [2.24, 2.45) is 0 Å². The molecule has 0 unspecified atom stereocenters. The lowest BCUT2D eigenvalue weighted by Crippen LogP contribution is -2.19. The number of H-pyrrole nitrogens is 1. The number of rotatable bonds is 1. The van der Waals surface area contributed by atoms with Crippen molar-refractivity contribution in [2.75, 3.05) is 0 Å². The fourth-order valence-electron chi connectivity index (χ4n) is 1.87. The molecule has 3 aromatic rings. The van der Waals surface area contributed by atoms with Crippen molar-refractivity contribution in [3.05, 3.63) is 56.4 Å². The van der Waals surface area contributed by atoms with Gasteiger partial charge < -0.3 is 4.98 Å². The van der Waals surface area contributed by atoms with Crippen LogP contribution in [0.2, 0.25) is 0 Å². The van der Waals surface area contributed by atoms with Gasteiger partial charge in [0.25, 0.3) is 5.56 Å². The molecule has 0 atom stereocenters. The van der Waals surface area contributed by atoms with E-state index in [2.05, 4.69) is 4.98 Å². The molecule has 2 aromatic heterocycles. The van der Waals surface area contributed by atoms with Crippen LogP contribution in [0.15, 0.2) is 40.5 Å². The zero-order chi connectivity index (χ0) is 12.7. The fraction of sp³-hybridized carbons (Fsp3) is 0.0769. The van der Waals surface area contributed by atoms with Crippen LogP contribution < -0.4 is 5.56 Å². The molecule has 0 amide bonds. The number of benzene rings is 1. The molecule has 3 rings (SSSR count). The van der Waals surface area contributed by atoms with Gasteiger partial charge in [-0.25, -0.2) is 0 Å². The van der Waals surface area contributed by atoms with Crippen molar-refractivity contribution in [3.63, 3.8) is 0 Å². The normalized spacial score (nSPS) is 10.9. The maximum Gasteiger partial charge on any atom is 0.267 e. The standard InChI is InChI=1S/C13H10N2OS2/c1-8-2-4-9(5-3-8)15-12(16)10-6-7-18-11(10)14-13(15)17/h2-7H,1H3,(H,14,17). The van der Waals surface area contributed by atoms with Gasteiger partial charge in [0.1, 0.15) is 4.83 Å². The van der Waals surface area contributed by atoms with Gasteiger partial charge in [-0.1, -0.05) is 17.7 Å². The zero-order valence-corrected chi connectivity index (χ0v) is 11.3. The van der Waals surface area contributed by atoms with Crippen molar-refractivity contribution in [1.82, 2.24) is 9.55 Å². The predicted molar refractivity (Wildman–Crippen MR) is 77.3 cm³/mol. The Hall–Kier alpha value is -1.72. The van der Waals surface area contributed by atoms with Gasteiger partial charge in [-0.3, -0.25) is 9.36 Å². The average molecular weight is 274 g/mol. The number of nitrogens with zero attached hydrogens (tertiary/aromatic N) is 1. The van der Waals surface area contributed by atoms with Crippen LogP contribution in [0, 0.1) is 11.7 Å². The minimum Gasteiger partial charge on any atom is -0.323 e. The molecule has 0 radical (unpaired) electrons. The summed E-state index contributed by atoms with van der Waals surface area (Å²) in [5, 5.41) is 2.56. The van der Waals surface area contributed by atoms with Crippen LogP contribution in [0.4, 0.5) is 0 Å². The molecule has 1 aromatic carbocycles. The van der Waals surface area contributed by atoms with E-state index in [-0.39, 0.29) is 5.56 Å². The number of aryl methyl sites for hydroxylation is 1. The van der Waals surface area contributed by atoms with Crippen LogP contribution in [0.1, 0.15) is 5.56 Å². The first-order chi connectivity index (χ1) is 8.66. The monoisotopic (exact) mass is 274 g/mol. The minimum atomic E-state index is -0.0705. The van der Waals surface area contributed by atoms with E-state index in [4.69, 9.17) is 12.2 Å². The third-order valence-corrected chi connectivity index (χ3v) is 3.93. The fourth-order valence-corrected chi connectivity index (χ4v) is 3.00. The summed E-state index contributed by atoms with van der Waals surface area (Å²) in [7, 11) is 0. The van der Waals surface area contributed by atoms with E-state index in [0.29, 0.717) is 10.2 Å². The van der Waals surface area contributed by atoms with Gasteiger partial charge in [0.15, 0.2) is 4.77 Å². The molecule has 2 heterocycles. The SMILES string of the molecule is Cc1ccc(-n2c(=S)[nH]c3sccc3c2=O)cc1. The Balaban J connectivity index is 2.38.